The molecule has 2 N–H and O–H groups in total. The molecule has 0 spiro atoms. The molecule has 0 radical (unpaired) electrons. The Morgan fingerprint density at radius 3 is 2.83 bits per heavy atom. The third-order valence-corrected chi connectivity index (χ3v) is 4.66. The third-order valence-electron chi connectivity index (χ3n) is 3.45. The molecule has 2 heterocycles. The van der Waals surface area contributed by atoms with E-state index in [0.29, 0.717) is 23.6 Å². The van der Waals surface area contributed by atoms with Crippen LogP contribution >= 0.6 is 11.3 Å². The van der Waals surface area contributed by atoms with Gasteiger partial charge in [0.25, 0.3) is 0 Å². The summed E-state index contributed by atoms with van der Waals surface area (Å²) in [5.74, 6) is -1.08. The van der Waals surface area contributed by atoms with E-state index in [9.17, 15) is 14.7 Å². The van der Waals surface area contributed by atoms with Gasteiger partial charge in [-0.15, -0.1) is 11.3 Å². The predicted octanol–water partition coefficient (Wildman–Crippen LogP) is 3.27. The average Bonchev–Trinajstić information content (AvgIpc) is 2.91. The first-order valence-corrected chi connectivity index (χ1v) is 7.90. The standard InChI is InChI=1S/C16H15NO5S/c18-15(19)13-11-9-21-7-6-12(11)23-14(13)17-16(20)22-8-10-4-2-1-3-5-10/h1-5H,6-9H2,(H,17,20)(H,18,19). The molecule has 1 aliphatic heterocycles. The van der Waals surface area contributed by atoms with Crippen molar-refractivity contribution in [3.05, 3.63) is 51.9 Å². The molecule has 0 fully saturated rings. The summed E-state index contributed by atoms with van der Waals surface area (Å²) in [5, 5.41) is 12.2. The Kier molecular flexibility index (Phi) is 4.59. The lowest BCUT2D eigenvalue weighted by Crippen LogP contribution is -2.16. The topological polar surface area (TPSA) is 84.9 Å². The zero-order valence-electron chi connectivity index (χ0n) is 12.2. The number of nitrogens with one attached hydrogen (secondary N) is 1. The molecule has 0 bridgehead atoms. The van der Waals surface area contributed by atoms with E-state index >= 15 is 0 Å². The number of rotatable bonds is 4. The molecular formula is C16H15NO5S. The van der Waals surface area contributed by atoms with Crippen LogP contribution in [0.3, 0.4) is 0 Å². The number of aromatic carboxylic acids is 1. The van der Waals surface area contributed by atoms with Gasteiger partial charge in [0.05, 0.1) is 13.2 Å². The Labute approximate surface area is 136 Å². The van der Waals surface area contributed by atoms with E-state index in [1.54, 1.807) is 0 Å². The normalized spacial score (nSPS) is 13.2. The van der Waals surface area contributed by atoms with Gasteiger partial charge in [-0.25, -0.2) is 9.59 Å². The van der Waals surface area contributed by atoms with Gasteiger partial charge in [0.2, 0.25) is 0 Å². The van der Waals surface area contributed by atoms with Crippen LogP contribution in [-0.4, -0.2) is 23.8 Å². The number of ether oxygens (including phenoxy) is 2. The molecule has 0 saturated carbocycles. The van der Waals surface area contributed by atoms with E-state index in [0.717, 1.165) is 10.4 Å². The Hall–Kier alpha value is -2.38. The van der Waals surface area contributed by atoms with Crippen molar-refractivity contribution in [1.29, 1.82) is 0 Å². The Balaban J connectivity index is 1.71. The van der Waals surface area contributed by atoms with Crippen molar-refractivity contribution in [2.75, 3.05) is 11.9 Å². The Bertz CT molecular complexity index is 726. The second-order valence-corrected chi connectivity index (χ2v) is 6.11. The van der Waals surface area contributed by atoms with Gasteiger partial charge in [0, 0.05) is 16.9 Å². The summed E-state index contributed by atoms with van der Waals surface area (Å²) in [7, 11) is 0. The maximum atomic E-state index is 11.9. The summed E-state index contributed by atoms with van der Waals surface area (Å²) in [5.41, 5.74) is 1.61. The van der Waals surface area contributed by atoms with E-state index in [-0.39, 0.29) is 18.8 Å². The minimum absolute atomic E-state index is 0.0985. The summed E-state index contributed by atoms with van der Waals surface area (Å²) in [6.07, 6.45) is -0.0167. The predicted molar refractivity (Wildman–Crippen MR) is 84.9 cm³/mol. The minimum atomic E-state index is -1.08. The van der Waals surface area contributed by atoms with Crippen LogP contribution < -0.4 is 5.32 Å². The minimum Gasteiger partial charge on any atom is -0.478 e. The highest BCUT2D eigenvalue weighted by atomic mass is 32.1. The molecule has 1 aromatic heterocycles. The molecular weight excluding hydrogens is 318 g/mol. The molecule has 0 aliphatic carbocycles. The fraction of sp³-hybridized carbons (Fsp3) is 0.250. The average molecular weight is 333 g/mol. The van der Waals surface area contributed by atoms with Crippen LogP contribution in [0.5, 0.6) is 0 Å². The number of hydrogen-bond acceptors (Lipinski definition) is 5. The van der Waals surface area contributed by atoms with Gasteiger partial charge in [0.1, 0.15) is 17.2 Å². The van der Waals surface area contributed by atoms with Crippen molar-refractivity contribution in [3.8, 4) is 0 Å². The highest BCUT2D eigenvalue weighted by molar-refractivity contribution is 7.17. The summed E-state index contributed by atoms with van der Waals surface area (Å²) < 4.78 is 10.4. The molecule has 7 heteroatoms. The number of carbonyl (C=O) groups excluding carboxylic acids is 1. The van der Waals surface area contributed by atoms with Crippen molar-refractivity contribution < 1.29 is 24.2 Å². The lowest BCUT2D eigenvalue weighted by atomic mass is 10.1. The number of carbonyl (C=O) groups is 2. The number of fused-ring (bicyclic) bond motifs is 1. The highest BCUT2D eigenvalue weighted by Crippen LogP contribution is 2.36. The largest absolute Gasteiger partial charge is 0.478 e. The van der Waals surface area contributed by atoms with Crippen molar-refractivity contribution in [1.82, 2.24) is 0 Å². The molecule has 1 aromatic carbocycles. The molecule has 1 amide bonds. The molecule has 0 saturated heterocycles. The summed E-state index contributed by atoms with van der Waals surface area (Å²) in [4.78, 5) is 24.3. The number of thiophene rings is 1. The summed E-state index contributed by atoms with van der Waals surface area (Å²) in [6.45, 7) is 0.946. The van der Waals surface area contributed by atoms with Gasteiger partial charge in [-0.2, -0.15) is 0 Å². The van der Waals surface area contributed by atoms with Crippen LogP contribution in [0.4, 0.5) is 9.80 Å². The van der Waals surface area contributed by atoms with Crippen molar-refractivity contribution in [2.24, 2.45) is 0 Å². The van der Waals surface area contributed by atoms with Gasteiger partial charge in [-0.05, 0) is 5.56 Å². The maximum Gasteiger partial charge on any atom is 0.412 e. The van der Waals surface area contributed by atoms with E-state index in [1.165, 1.54) is 11.3 Å². The fourth-order valence-corrected chi connectivity index (χ4v) is 3.54. The molecule has 3 rings (SSSR count). The van der Waals surface area contributed by atoms with Gasteiger partial charge in [-0.1, -0.05) is 30.3 Å². The molecule has 0 unspecified atom stereocenters. The summed E-state index contributed by atoms with van der Waals surface area (Å²) in [6, 6.07) is 9.27. The van der Waals surface area contributed by atoms with E-state index in [2.05, 4.69) is 5.32 Å². The lowest BCUT2D eigenvalue weighted by Gasteiger charge is -2.12. The number of anilines is 1. The number of amides is 1. The first-order valence-electron chi connectivity index (χ1n) is 7.08. The number of carboxylic acids is 1. The second-order valence-electron chi connectivity index (χ2n) is 5.00. The molecule has 120 valence electrons. The second kappa shape index (κ2) is 6.80. The van der Waals surface area contributed by atoms with Gasteiger partial charge in [0.15, 0.2) is 0 Å². The van der Waals surface area contributed by atoms with E-state index in [4.69, 9.17) is 9.47 Å². The molecule has 23 heavy (non-hydrogen) atoms. The van der Waals surface area contributed by atoms with Gasteiger partial charge < -0.3 is 14.6 Å². The fourth-order valence-electron chi connectivity index (χ4n) is 2.37. The van der Waals surface area contributed by atoms with Crippen LogP contribution in [-0.2, 0) is 29.1 Å². The molecule has 2 aromatic rings. The van der Waals surface area contributed by atoms with Crippen LogP contribution in [0.2, 0.25) is 0 Å². The van der Waals surface area contributed by atoms with Crippen molar-refractivity contribution >= 4 is 28.4 Å². The van der Waals surface area contributed by atoms with E-state index < -0.39 is 12.1 Å². The maximum absolute atomic E-state index is 11.9. The van der Waals surface area contributed by atoms with Crippen LogP contribution in [0.25, 0.3) is 0 Å². The SMILES string of the molecule is O=C(Nc1sc2c(c1C(=O)O)COCC2)OCc1ccccc1. The van der Waals surface area contributed by atoms with Crippen LogP contribution in [0.15, 0.2) is 30.3 Å². The molecule has 6 nitrogen and oxygen atoms in total. The van der Waals surface area contributed by atoms with Crippen LogP contribution in [0.1, 0.15) is 26.4 Å². The Morgan fingerprint density at radius 2 is 2.09 bits per heavy atom. The number of hydrogen-bond donors (Lipinski definition) is 2. The smallest absolute Gasteiger partial charge is 0.412 e. The summed E-state index contributed by atoms with van der Waals surface area (Å²) >= 11 is 1.27. The quantitative estimate of drug-likeness (QED) is 0.897. The monoisotopic (exact) mass is 333 g/mol. The first kappa shape index (κ1) is 15.5. The molecule has 0 atom stereocenters. The zero-order chi connectivity index (χ0) is 16.2. The van der Waals surface area contributed by atoms with Gasteiger partial charge in [-0.3, -0.25) is 5.32 Å². The first-order chi connectivity index (χ1) is 11.1. The number of carboxylic acid groups (broad SMARTS) is 1. The Morgan fingerprint density at radius 1 is 1.30 bits per heavy atom. The lowest BCUT2D eigenvalue weighted by molar-refractivity contribution is 0.0685. The van der Waals surface area contributed by atoms with Crippen molar-refractivity contribution in [3.63, 3.8) is 0 Å². The van der Waals surface area contributed by atoms with Gasteiger partial charge >= 0.3 is 12.1 Å². The number of benzene rings is 1. The molecule has 1 aliphatic rings. The third kappa shape index (κ3) is 3.52. The highest BCUT2D eigenvalue weighted by Gasteiger charge is 2.26. The van der Waals surface area contributed by atoms with Crippen molar-refractivity contribution in [2.45, 2.75) is 19.6 Å². The zero-order valence-corrected chi connectivity index (χ0v) is 13.0. The van der Waals surface area contributed by atoms with Crippen LogP contribution in [0, 0.1) is 0 Å². The van der Waals surface area contributed by atoms with E-state index in [1.807, 2.05) is 30.3 Å².